The summed E-state index contributed by atoms with van der Waals surface area (Å²) in [6.07, 6.45) is 3.09. The van der Waals surface area contributed by atoms with Gasteiger partial charge in [0.25, 0.3) is 0 Å². The fourth-order valence-corrected chi connectivity index (χ4v) is 2.36. The van der Waals surface area contributed by atoms with Crippen molar-refractivity contribution in [2.45, 2.75) is 40.3 Å². The van der Waals surface area contributed by atoms with Crippen molar-refractivity contribution >= 4 is 10.9 Å². The number of nitriles is 1. The molecule has 2 aromatic rings. The second-order valence-electron chi connectivity index (χ2n) is 5.89. The zero-order valence-electron chi connectivity index (χ0n) is 12.6. The summed E-state index contributed by atoms with van der Waals surface area (Å²) in [5, 5.41) is 13.8. The van der Waals surface area contributed by atoms with Gasteiger partial charge in [0.2, 0.25) is 0 Å². The highest BCUT2D eigenvalue weighted by Gasteiger charge is 2.17. The Bertz CT molecular complexity index is 617. The van der Waals surface area contributed by atoms with Gasteiger partial charge in [0.15, 0.2) is 0 Å². The van der Waals surface area contributed by atoms with E-state index in [1.54, 1.807) is 0 Å². The first-order chi connectivity index (χ1) is 9.57. The van der Waals surface area contributed by atoms with E-state index in [0.717, 1.165) is 26.1 Å². The van der Waals surface area contributed by atoms with Crippen LogP contribution in [-0.2, 0) is 13.1 Å². The van der Waals surface area contributed by atoms with Crippen molar-refractivity contribution in [1.82, 2.24) is 9.88 Å². The van der Waals surface area contributed by atoms with Crippen molar-refractivity contribution in [3.63, 3.8) is 0 Å². The Morgan fingerprint density at radius 1 is 1.30 bits per heavy atom. The molecule has 0 atom stereocenters. The van der Waals surface area contributed by atoms with Crippen LogP contribution in [0.25, 0.3) is 10.9 Å². The third-order valence-electron chi connectivity index (χ3n) is 3.72. The van der Waals surface area contributed by atoms with Crippen LogP contribution in [0.1, 0.15) is 32.8 Å². The fraction of sp³-hybridized carbons (Fsp3) is 0.471. The molecule has 0 amide bonds. The Hall–Kier alpha value is -1.79. The van der Waals surface area contributed by atoms with Gasteiger partial charge in [-0.25, -0.2) is 0 Å². The molecule has 3 nitrogen and oxygen atoms in total. The molecule has 0 fully saturated rings. The lowest BCUT2D eigenvalue weighted by Crippen LogP contribution is -2.12. The SMILES string of the molecule is CCNCc1cn(CCC(C)(C)C#N)c2ccccc12. The van der Waals surface area contributed by atoms with Crippen molar-refractivity contribution < 1.29 is 0 Å². The maximum atomic E-state index is 9.14. The van der Waals surface area contributed by atoms with E-state index >= 15 is 0 Å². The highest BCUT2D eigenvalue weighted by Crippen LogP contribution is 2.25. The van der Waals surface area contributed by atoms with Gasteiger partial charge in [-0.2, -0.15) is 5.26 Å². The number of hydrogen-bond acceptors (Lipinski definition) is 2. The average Bonchev–Trinajstić information content (AvgIpc) is 2.81. The van der Waals surface area contributed by atoms with Gasteiger partial charge in [-0.1, -0.05) is 25.1 Å². The number of nitrogens with one attached hydrogen (secondary N) is 1. The summed E-state index contributed by atoms with van der Waals surface area (Å²) in [6, 6.07) is 10.9. The van der Waals surface area contributed by atoms with Crippen LogP contribution in [-0.4, -0.2) is 11.1 Å². The normalized spacial score (nSPS) is 11.7. The fourth-order valence-electron chi connectivity index (χ4n) is 2.36. The Kier molecular flexibility index (Phi) is 4.46. The maximum absolute atomic E-state index is 9.14. The Balaban J connectivity index is 2.27. The number of aryl methyl sites for hydroxylation is 1. The molecule has 1 N–H and O–H groups in total. The van der Waals surface area contributed by atoms with Gasteiger partial charge in [0.05, 0.1) is 11.5 Å². The first-order valence-electron chi connectivity index (χ1n) is 7.26. The van der Waals surface area contributed by atoms with Crippen molar-refractivity contribution in [1.29, 1.82) is 5.26 Å². The predicted octanol–water partition coefficient (Wildman–Crippen LogP) is 3.69. The molecule has 20 heavy (non-hydrogen) atoms. The van der Waals surface area contributed by atoms with Crippen LogP contribution in [0.15, 0.2) is 30.5 Å². The molecule has 3 heteroatoms. The minimum atomic E-state index is -0.271. The molecule has 0 aliphatic carbocycles. The van der Waals surface area contributed by atoms with Crippen LogP contribution in [0.5, 0.6) is 0 Å². The number of hydrogen-bond donors (Lipinski definition) is 1. The molecule has 0 saturated carbocycles. The average molecular weight is 269 g/mol. The lowest BCUT2D eigenvalue weighted by atomic mass is 9.91. The second kappa shape index (κ2) is 6.11. The summed E-state index contributed by atoms with van der Waals surface area (Å²) in [5.41, 5.74) is 2.32. The molecule has 0 saturated heterocycles. The van der Waals surface area contributed by atoms with Gasteiger partial charge < -0.3 is 9.88 Å². The summed E-state index contributed by atoms with van der Waals surface area (Å²) in [5.74, 6) is 0. The number of aromatic nitrogens is 1. The van der Waals surface area contributed by atoms with E-state index in [2.05, 4.69) is 53.3 Å². The molecule has 1 aromatic heterocycles. The van der Waals surface area contributed by atoms with Crippen molar-refractivity contribution in [2.24, 2.45) is 5.41 Å². The van der Waals surface area contributed by atoms with Gasteiger partial charge in [0, 0.05) is 30.2 Å². The molecule has 0 spiro atoms. The number of benzene rings is 1. The first-order valence-corrected chi connectivity index (χ1v) is 7.26. The highest BCUT2D eigenvalue weighted by molar-refractivity contribution is 5.83. The summed E-state index contributed by atoms with van der Waals surface area (Å²) in [4.78, 5) is 0. The number of nitrogens with zero attached hydrogens (tertiary/aromatic N) is 2. The third kappa shape index (κ3) is 3.20. The molecule has 0 bridgehead atoms. The molecule has 1 heterocycles. The minimum absolute atomic E-state index is 0.271. The molecule has 0 unspecified atom stereocenters. The molecule has 0 radical (unpaired) electrons. The van der Waals surface area contributed by atoms with Crippen LogP contribution in [0.4, 0.5) is 0 Å². The lowest BCUT2D eigenvalue weighted by molar-refractivity contribution is 0.417. The van der Waals surface area contributed by atoms with E-state index in [1.807, 2.05) is 13.8 Å². The Morgan fingerprint density at radius 2 is 2.05 bits per heavy atom. The van der Waals surface area contributed by atoms with Crippen molar-refractivity contribution in [3.05, 3.63) is 36.0 Å². The van der Waals surface area contributed by atoms with E-state index < -0.39 is 0 Å². The van der Waals surface area contributed by atoms with Crippen LogP contribution in [0.3, 0.4) is 0 Å². The van der Waals surface area contributed by atoms with Crippen molar-refractivity contribution in [3.8, 4) is 6.07 Å². The van der Waals surface area contributed by atoms with E-state index in [0.29, 0.717) is 0 Å². The Labute approximate surface area is 121 Å². The van der Waals surface area contributed by atoms with E-state index in [-0.39, 0.29) is 5.41 Å². The largest absolute Gasteiger partial charge is 0.347 e. The standard InChI is InChI=1S/C17H23N3/c1-4-19-11-14-12-20(10-9-17(2,3)13-18)16-8-6-5-7-15(14)16/h5-8,12,19H,4,9-11H2,1-3H3. The topological polar surface area (TPSA) is 40.8 Å². The second-order valence-corrected chi connectivity index (χ2v) is 5.89. The zero-order chi connectivity index (χ0) is 14.6. The van der Waals surface area contributed by atoms with Gasteiger partial charge in [-0.05, 0) is 38.4 Å². The van der Waals surface area contributed by atoms with Crippen LogP contribution < -0.4 is 5.32 Å². The lowest BCUT2D eigenvalue weighted by Gasteiger charge is -2.15. The molecule has 106 valence electrons. The maximum Gasteiger partial charge on any atom is 0.0684 e. The van der Waals surface area contributed by atoms with Gasteiger partial charge in [-0.3, -0.25) is 0 Å². The van der Waals surface area contributed by atoms with Gasteiger partial charge >= 0.3 is 0 Å². The monoisotopic (exact) mass is 269 g/mol. The van der Waals surface area contributed by atoms with Crippen LogP contribution >= 0.6 is 0 Å². The molecule has 1 aromatic carbocycles. The molecule has 2 rings (SSSR count). The Morgan fingerprint density at radius 3 is 2.75 bits per heavy atom. The summed E-state index contributed by atoms with van der Waals surface area (Å²) >= 11 is 0. The molecule has 0 aliphatic rings. The van der Waals surface area contributed by atoms with Gasteiger partial charge in [-0.15, -0.1) is 0 Å². The smallest absolute Gasteiger partial charge is 0.0684 e. The molecular weight excluding hydrogens is 246 g/mol. The number of rotatable bonds is 6. The number of para-hydroxylation sites is 1. The number of fused-ring (bicyclic) bond motifs is 1. The van der Waals surface area contributed by atoms with Crippen LogP contribution in [0, 0.1) is 16.7 Å². The van der Waals surface area contributed by atoms with Crippen molar-refractivity contribution in [2.75, 3.05) is 6.54 Å². The molecular formula is C17H23N3. The quantitative estimate of drug-likeness (QED) is 0.869. The minimum Gasteiger partial charge on any atom is -0.347 e. The first kappa shape index (κ1) is 14.6. The van der Waals surface area contributed by atoms with Crippen LogP contribution in [0.2, 0.25) is 0 Å². The molecule has 0 aliphatic heterocycles. The summed E-state index contributed by atoms with van der Waals surface area (Å²) in [7, 11) is 0. The third-order valence-corrected chi connectivity index (χ3v) is 3.72. The van der Waals surface area contributed by atoms with E-state index in [4.69, 9.17) is 5.26 Å². The predicted molar refractivity (Wildman–Crippen MR) is 83.3 cm³/mol. The summed E-state index contributed by atoms with van der Waals surface area (Å²) < 4.78 is 2.28. The highest BCUT2D eigenvalue weighted by atomic mass is 15.0. The van der Waals surface area contributed by atoms with Gasteiger partial charge in [0.1, 0.15) is 0 Å². The zero-order valence-corrected chi connectivity index (χ0v) is 12.6. The van der Waals surface area contributed by atoms with E-state index in [9.17, 15) is 0 Å². The van der Waals surface area contributed by atoms with E-state index in [1.165, 1.54) is 16.5 Å². The summed E-state index contributed by atoms with van der Waals surface area (Å²) in [6.45, 7) is 8.87.